The molecule has 0 amide bonds. The first-order valence-electron chi connectivity index (χ1n) is 7.23. The van der Waals surface area contributed by atoms with Crippen LogP contribution in [0.2, 0.25) is 0 Å². The molecule has 0 N–H and O–H groups in total. The van der Waals surface area contributed by atoms with E-state index in [1.54, 1.807) is 17.7 Å². The molecule has 0 saturated heterocycles. The standard InChI is InChI=1S/C16H15F3N2O2/c1-9-14(10(2)22)15(11-6-7-11)21(20-9)12-4-3-5-13(8-12)23-16(17,18)19/h3-5,8,11H,6-7H2,1-2H3. The highest BCUT2D eigenvalue weighted by Crippen LogP contribution is 2.43. The number of aromatic nitrogens is 2. The highest BCUT2D eigenvalue weighted by molar-refractivity contribution is 5.96. The lowest BCUT2D eigenvalue weighted by Crippen LogP contribution is -2.17. The molecule has 1 aromatic carbocycles. The Balaban J connectivity index is 2.07. The molecule has 0 unspecified atom stereocenters. The molecule has 0 bridgehead atoms. The Morgan fingerprint density at radius 1 is 1.35 bits per heavy atom. The summed E-state index contributed by atoms with van der Waals surface area (Å²) in [4.78, 5) is 11.9. The lowest BCUT2D eigenvalue weighted by Gasteiger charge is -2.12. The van der Waals surface area contributed by atoms with Crippen LogP contribution in [0.5, 0.6) is 5.75 Å². The summed E-state index contributed by atoms with van der Waals surface area (Å²) >= 11 is 0. The van der Waals surface area contributed by atoms with Crippen molar-refractivity contribution in [2.24, 2.45) is 0 Å². The Labute approximate surface area is 130 Å². The molecule has 0 aliphatic heterocycles. The molecule has 1 aliphatic carbocycles. The predicted molar refractivity (Wildman–Crippen MR) is 77.0 cm³/mol. The molecular weight excluding hydrogens is 309 g/mol. The zero-order chi connectivity index (χ0) is 16.8. The van der Waals surface area contributed by atoms with E-state index in [9.17, 15) is 18.0 Å². The summed E-state index contributed by atoms with van der Waals surface area (Å²) in [5.74, 6) is -0.171. The fraction of sp³-hybridized carbons (Fsp3) is 0.375. The first-order chi connectivity index (χ1) is 10.8. The van der Waals surface area contributed by atoms with Gasteiger partial charge in [-0.2, -0.15) is 5.10 Å². The van der Waals surface area contributed by atoms with Crippen LogP contribution in [0.3, 0.4) is 0 Å². The van der Waals surface area contributed by atoms with E-state index in [4.69, 9.17) is 0 Å². The molecule has 1 saturated carbocycles. The van der Waals surface area contributed by atoms with Gasteiger partial charge in [-0.15, -0.1) is 13.2 Å². The third kappa shape index (κ3) is 3.23. The molecular formula is C16H15F3N2O2. The van der Waals surface area contributed by atoms with Crippen LogP contribution in [0, 0.1) is 6.92 Å². The first-order valence-corrected chi connectivity index (χ1v) is 7.23. The fourth-order valence-electron chi connectivity index (χ4n) is 2.72. The number of ether oxygens (including phenoxy) is 1. The number of Topliss-reactive ketones (excluding diaryl/α,β-unsaturated/α-hetero) is 1. The number of ketones is 1. The Hall–Kier alpha value is -2.31. The Morgan fingerprint density at radius 3 is 2.61 bits per heavy atom. The fourth-order valence-corrected chi connectivity index (χ4v) is 2.72. The van der Waals surface area contributed by atoms with Crippen molar-refractivity contribution in [3.05, 3.63) is 41.2 Å². The predicted octanol–water partition coefficient (Wildman–Crippen LogP) is 4.16. The Morgan fingerprint density at radius 2 is 2.04 bits per heavy atom. The second-order valence-electron chi connectivity index (χ2n) is 5.63. The Bertz CT molecular complexity index is 761. The van der Waals surface area contributed by atoms with Crippen LogP contribution in [0.4, 0.5) is 13.2 Å². The number of aryl methyl sites for hydroxylation is 1. The van der Waals surface area contributed by atoms with E-state index in [2.05, 4.69) is 9.84 Å². The summed E-state index contributed by atoms with van der Waals surface area (Å²) in [5.41, 5.74) is 2.37. The molecule has 2 aromatic rings. The zero-order valence-corrected chi connectivity index (χ0v) is 12.6. The summed E-state index contributed by atoms with van der Waals surface area (Å²) < 4.78 is 42.7. The number of rotatable bonds is 4. The van der Waals surface area contributed by atoms with Gasteiger partial charge in [0.25, 0.3) is 0 Å². The molecule has 1 aromatic heterocycles. The highest BCUT2D eigenvalue weighted by Gasteiger charge is 2.34. The molecule has 4 nitrogen and oxygen atoms in total. The number of benzene rings is 1. The summed E-state index contributed by atoms with van der Waals surface area (Å²) in [6.07, 6.45) is -2.85. The van der Waals surface area contributed by atoms with E-state index < -0.39 is 6.36 Å². The topological polar surface area (TPSA) is 44.1 Å². The van der Waals surface area contributed by atoms with Crippen molar-refractivity contribution in [1.82, 2.24) is 9.78 Å². The number of hydrogen-bond acceptors (Lipinski definition) is 3. The molecule has 122 valence electrons. The normalized spacial score (nSPS) is 14.8. The van der Waals surface area contributed by atoms with Crippen LogP contribution >= 0.6 is 0 Å². The third-order valence-electron chi connectivity index (χ3n) is 3.71. The van der Waals surface area contributed by atoms with E-state index in [1.165, 1.54) is 25.1 Å². The van der Waals surface area contributed by atoms with Gasteiger partial charge in [0.05, 0.1) is 22.6 Å². The number of alkyl halides is 3. The van der Waals surface area contributed by atoms with E-state index >= 15 is 0 Å². The maximum absolute atomic E-state index is 12.4. The van der Waals surface area contributed by atoms with Crippen molar-refractivity contribution in [2.45, 2.75) is 39.0 Å². The minimum absolute atomic E-state index is 0.0849. The monoisotopic (exact) mass is 324 g/mol. The van der Waals surface area contributed by atoms with Gasteiger partial charge < -0.3 is 4.74 Å². The maximum Gasteiger partial charge on any atom is 0.573 e. The van der Waals surface area contributed by atoms with Gasteiger partial charge in [-0.05, 0) is 38.8 Å². The second-order valence-corrected chi connectivity index (χ2v) is 5.63. The summed E-state index contributed by atoms with van der Waals surface area (Å²) in [7, 11) is 0. The number of hydrogen-bond donors (Lipinski definition) is 0. The molecule has 1 fully saturated rings. The van der Waals surface area contributed by atoms with Crippen LogP contribution in [0.1, 0.15) is 47.4 Å². The third-order valence-corrected chi connectivity index (χ3v) is 3.71. The quantitative estimate of drug-likeness (QED) is 0.793. The van der Waals surface area contributed by atoms with Crippen molar-refractivity contribution in [1.29, 1.82) is 0 Å². The van der Waals surface area contributed by atoms with Gasteiger partial charge in [0.15, 0.2) is 5.78 Å². The molecule has 1 aliphatic rings. The van der Waals surface area contributed by atoms with Gasteiger partial charge in [0.1, 0.15) is 5.75 Å². The number of halogens is 3. The first kappa shape index (κ1) is 15.6. The lowest BCUT2D eigenvalue weighted by atomic mass is 10.1. The minimum Gasteiger partial charge on any atom is -0.406 e. The maximum atomic E-state index is 12.4. The number of nitrogens with zero attached hydrogens (tertiary/aromatic N) is 2. The van der Waals surface area contributed by atoms with Crippen molar-refractivity contribution in [3.8, 4) is 11.4 Å². The number of carbonyl (C=O) groups is 1. The molecule has 0 spiro atoms. The van der Waals surface area contributed by atoms with Gasteiger partial charge in [-0.3, -0.25) is 4.79 Å². The zero-order valence-electron chi connectivity index (χ0n) is 12.6. The van der Waals surface area contributed by atoms with Gasteiger partial charge >= 0.3 is 6.36 Å². The van der Waals surface area contributed by atoms with Gasteiger partial charge in [-0.1, -0.05) is 6.07 Å². The largest absolute Gasteiger partial charge is 0.573 e. The van der Waals surface area contributed by atoms with Gasteiger partial charge in [0.2, 0.25) is 0 Å². The van der Waals surface area contributed by atoms with Crippen LogP contribution in [-0.4, -0.2) is 21.9 Å². The smallest absolute Gasteiger partial charge is 0.406 e. The molecule has 7 heteroatoms. The van der Waals surface area contributed by atoms with Crippen molar-refractivity contribution >= 4 is 5.78 Å². The van der Waals surface area contributed by atoms with Crippen molar-refractivity contribution in [3.63, 3.8) is 0 Å². The van der Waals surface area contributed by atoms with E-state index in [0.717, 1.165) is 18.5 Å². The molecule has 23 heavy (non-hydrogen) atoms. The van der Waals surface area contributed by atoms with E-state index in [-0.39, 0.29) is 17.5 Å². The van der Waals surface area contributed by atoms with Crippen molar-refractivity contribution < 1.29 is 22.7 Å². The van der Waals surface area contributed by atoms with Crippen LogP contribution in [-0.2, 0) is 0 Å². The molecule has 3 rings (SSSR count). The van der Waals surface area contributed by atoms with Crippen LogP contribution in [0.15, 0.2) is 24.3 Å². The lowest BCUT2D eigenvalue weighted by molar-refractivity contribution is -0.274. The SMILES string of the molecule is CC(=O)c1c(C)nn(-c2cccc(OC(F)(F)F)c2)c1C1CC1. The van der Waals surface area contributed by atoms with E-state index in [1.807, 2.05) is 0 Å². The summed E-state index contributed by atoms with van der Waals surface area (Å²) in [5, 5.41) is 4.36. The highest BCUT2D eigenvalue weighted by atomic mass is 19.4. The minimum atomic E-state index is -4.75. The van der Waals surface area contributed by atoms with Crippen LogP contribution < -0.4 is 4.74 Å². The van der Waals surface area contributed by atoms with Crippen molar-refractivity contribution in [2.75, 3.05) is 0 Å². The average molecular weight is 324 g/mol. The summed E-state index contributed by atoms with van der Waals surface area (Å²) in [6.45, 7) is 3.21. The average Bonchev–Trinajstić information content (AvgIpc) is 3.20. The van der Waals surface area contributed by atoms with Crippen LogP contribution in [0.25, 0.3) is 5.69 Å². The number of carbonyl (C=O) groups excluding carboxylic acids is 1. The van der Waals surface area contributed by atoms with E-state index in [0.29, 0.717) is 16.9 Å². The molecule has 1 heterocycles. The van der Waals surface area contributed by atoms with Gasteiger partial charge in [-0.25, -0.2) is 4.68 Å². The molecule has 0 radical (unpaired) electrons. The molecule has 0 atom stereocenters. The van der Waals surface area contributed by atoms with Gasteiger partial charge in [0, 0.05) is 12.0 Å². The second kappa shape index (κ2) is 5.40. The summed E-state index contributed by atoms with van der Waals surface area (Å²) in [6, 6.07) is 5.62. The Kier molecular flexibility index (Phi) is 3.66.